The van der Waals surface area contributed by atoms with Gasteiger partial charge < -0.3 is 17.2 Å². The summed E-state index contributed by atoms with van der Waals surface area (Å²) in [4.78, 5) is 0. The molecule has 0 aliphatic heterocycles. The molecule has 0 heterocycles. The fourth-order valence-electron chi connectivity index (χ4n) is 0.207. The van der Waals surface area contributed by atoms with E-state index in [1.165, 1.54) is 0 Å². The van der Waals surface area contributed by atoms with Gasteiger partial charge in [0.05, 0.1) is 12.0 Å². The monoisotopic (exact) mass is 116 g/mol. The maximum atomic E-state index is 6.85. The van der Waals surface area contributed by atoms with Crippen molar-refractivity contribution < 1.29 is 0 Å². The largest absolute Gasteiger partial charge is 0.387 e. The molecule has 0 fully saturated rings. The number of rotatable bonds is 2. The Hall–Kier alpha value is -0.610. The van der Waals surface area contributed by atoms with Crippen LogP contribution in [0.2, 0.25) is 0 Å². The van der Waals surface area contributed by atoms with Crippen molar-refractivity contribution in [3.63, 3.8) is 0 Å². The Balaban J connectivity index is 3.64. The van der Waals surface area contributed by atoms with Crippen LogP contribution >= 0.6 is 0 Å². The second-order valence-corrected chi connectivity index (χ2v) is 1.82. The van der Waals surface area contributed by atoms with Gasteiger partial charge in [-0.05, 0) is 0 Å². The van der Waals surface area contributed by atoms with E-state index < -0.39 is 6.17 Å². The number of nitrogens with one attached hydrogen (secondary N) is 1. The molecular formula is C4H12N4. The molecule has 0 aromatic carbocycles. The Labute approximate surface area is 48.5 Å². The molecule has 48 valence electrons. The van der Waals surface area contributed by atoms with Gasteiger partial charge in [-0.1, -0.05) is 6.92 Å². The van der Waals surface area contributed by atoms with E-state index >= 15 is 0 Å². The molecule has 0 aliphatic carbocycles. The van der Waals surface area contributed by atoms with E-state index in [0.717, 1.165) is 0 Å². The third-order valence-electron chi connectivity index (χ3n) is 1.07. The van der Waals surface area contributed by atoms with Gasteiger partial charge in [0, 0.05) is 5.92 Å². The average molecular weight is 116 g/mol. The molecule has 0 aliphatic rings. The van der Waals surface area contributed by atoms with Crippen molar-refractivity contribution in [2.75, 3.05) is 0 Å². The first-order chi connectivity index (χ1) is 3.55. The van der Waals surface area contributed by atoms with Crippen LogP contribution in [0, 0.1) is 11.3 Å². The lowest BCUT2D eigenvalue weighted by molar-refractivity contribution is 0.581. The van der Waals surface area contributed by atoms with Crippen LogP contribution in [0.15, 0.2) is 0 Å². The molecule has 4 heteroatoms. The summed E-state index contributed by atoms with van der Waals surface area (Å²) in [6.07, 6.45) is -0.507. The molecule has 0 aromatic heterocycles. The summed E-state index contributed by atoms with van der Waals surface area (Å²) < 4.78 is 0. The normalized spacial score (nSPS) is 14.0. The van der Waals surface area contributed by atoms with Gasteiger partial charge in [0.25, 0.3) is 0 Å². The molecule has 0 rings (SSSR count). The van der Waals surface area contributed by atoms with Crippen molar-refractivity contribution in [3.8, 4) is 0 Å². The van der Waals surface area contributed by atoms with Gasteiger partial charge in [0.1, 0.15) is 0 Å². The number of hydrogen-bond acceptors (Lipinski definition) is 3. The number of amidine groups is 1. The van der Waals surface area contributed by atoms with Crippen LogP contribution in [-0.4, -0.2) is 12.0 Å². The maximum Gasteiger partial charge on any atom is 0.0963 e. The van der Waals surface area contributed by atoms with E-state index in [0.29, 0.717) is 0 Å². The summed E-state index contributed by atoms with van der Waals surface area (Å²) in [6.45, 7) is 1.72. The van der Waals surface area contributed by atoms with Crippen molar-refractivity contribution in [2.24, 2.45) is 23.1 Å². The first kappa shape index (κ1) is 7.39. The molecular weight excluding hydrogens is 104 g/mol. The quantitative estimate of drug-likeness (QED) is 0.207. The van der Waals surface area contributed by atoms with Crippen LogP contribution in [-0.2, 0) is 0 Å². The molecule has 0 saturated carbocycles. The lowest BCUT2D eigenvalue weighted by Crippen LogP contribution is -2.43. The highest BCUT2D eigenvalue weighted by molar-refractivity contribution is 5.79. The lowest BCUT2D eigenvalue weighted by atomic mass is 10.1. The zero-order valence-corrected chi connectivity index (χ0v) is 4.89. The molecule has 0 bridgehead atoms. The summed E-state index contributed by atoms with van der Waals surface area (Å²) in [5.41, 5.74) is 15.4. The van der Waals surface area contributed by atoms with E-state index in [4.69, 9.17) is 22.6 Å². The Bertz CT molecular complexity index is 88.0. The first-order valence-electron chi connectivity index (χ1n) is 2.40. The Morgan fingerprint density at radius 1 is 1.50 bits per heavy atom. The fraction of sp³-hybridized carbons (Fsp3) is 0.750. The molecule has 4 nitrogen and oxygen atoms in total. The van der Waals surface area contributed by atoms with Crippen LogP contribution in [0.4, 0.5) is 0 Å². The molecule has 0 aromatic rings. The average Bonchev–Trinajstić information content (AvgIpc) is 1.64. The second kappa shape index (κ2) is 2.64. The predicted octanol–water partition coefficient (Wildman–Crippen LogP) is -1.20. The highest BCUT2D eigenvalue weighted by Crippen LogP contribution is 1.91. The highest BCUT2D eigenvalue weighted by atomic mass is 14.9. The Kier molecular flexibility index (Phi) is 2.44. The van der Waals surface area contributed by atoms with E-state index in [1.54, 1.807) is 6.92 Å². The van der Waals surface area contributed by atoms with Crippen LogP contribution < -0.4 is 17.2 Å². The molecule has 0 radical (unpaired) electrons. The van der Waals surface area contributed by atoms with Crippen LogP contribution in [0.1, 0.15) is 6.92 Å². The van der Waals surface area contributed by atoms with E-state index in [1.807, 2.05) is 0 Å². The van der Waals surface area contributed by atoms with Crippen molar-refractivity contribution in [2.45, 2.75) is 13.1 Å². The molecule has 0 saturated heterocycles. The van der Waals surface area contributed by atoms with Crippen molar-refractivity contribution >= 4 is 5.84 Å². The van der Waals surface area contributed by atoms with E-state index in [2.05, 4.69) is 0 Å². The maximum absolute atomic E-state index is 6.85. The van der Waals surface area contributed by atoms with Gasteiger partial charge in [-0.3, -0.25) is 5.41 Å². The van der Waals surface area contributed by atoms with Crippen molar-refractivity contribution in [1.29, 1.82) is 5.41 Å². The minimum atomic E-state index is -0.507. The Morgan fingerprint density at radius 3 is 1.88 bits per heavy atom. The smallest absolute Gasteiger partial charge is 0.0963 e. The van der Waals surface area contributed by atoms with Crippen LogP contribution in [0.3, 0.4) is 0 Å². The minimum Gasteiger partial charge on any atom is -0.387 e. The van der Waals surface area contributed by atoms with Crippen LogP contribution in [0.5, 0.6) is 0 Å². The van der Waals surface area contributed by atoms with Gasteiger partial charge in [-0.15, -0.1) is 0 Å². The number of nitrogens with two attached hydrogens (primary N) is 3. The molecule has 0 spiro atoms. The van der Waals surface area contributed by atoms with Crippen molar-refractivity contribution in [1.82, 2.24) is 0 Å². The summed E-state index contributed by atoms with van der Waals surface area (Å²) in [7, 11) is 0. The summed E-state index contributed by atoms with van der Waals surface area (Å²) >= 11 is 0. The fourth-order valence-corrected chi connectivity index (χ4v) is 0.207. The minimum absolute atomic E-state index is 0.0417. The van der Waals surface area contributed by atoms with Gasteiger partial charge in [-0.2, -0.15) is 0 Å². The third-order valence-corrected chi connectivity index (χ3v) is 1.07. The van der Waals surface area contributed by atoms with E-state index in [-0.39, 0.29) is 11.8 Å². The van der Waals surface area contributed by atoms with E-state index in [9.17, 15) is 0 Å². The highest BCUT2D eigenvalue weighted by Gasteiger charge is 2.09. The Morgan fingerprint density at radius 2 is 1.88 bits per heavy atom. The first-order valence-corrected chi connectivity index (χ1v) is 2.40. The third kappa shape index (κ3) is 1.90. The topological polar surface area (TPSA) is 102 Å². The lowest BCUT2D eigenvalue weighted by Gasteiger charge is -2.11. The van der Waals surface area contributed by atoms with Gasteiger partial charge >= 0.3 is 0 Å². The molecule has 0 amide bonds. The predicted molar refractivity (Wildman–Crippen MR) is 33.2 cm³/mol. The zero-order chi connectivity index (χ0) is 6.73. The summed E-state index contributed by atoms with van der Waals surface area (Å²) in [6, 6.07) is 0. The SMILES string of the molecule is CC(C(=N)N)C(N)N. The molecule has 7 N–H and O–H groups in total. The van der Waals surface area contributed by atoms with Crippen molar-refractivity contribution in [3.05, 3.63) is 0 Å². The standard InChI is InChI=1S/C4H12N4/c1-2(3(5)6)4(7)8/h2-3H,5-6H2,1H3,(H3,7,8). The van der Waals surface area contributed by atoms with Gasteiger partial charge in [0.2, 0.25) is 0 Å². The zero-order valence-electron chi connectivity index (χ0n) is 4.89. The summed E-state index contributed by atoms with van der Waals surface area (Å²) in [5, 5.41) is 6.85. The number of hydrogen-bond donors (Lipinski definition) is 4. The molecule has 1 unspecified atom stereocenters. The molecule has 8 heavy (non-hydrogen) atoms. The van der Waals surface area contributed by atoms with Gasteiger partial charge in [0.15, 0.2) is 0 Å². The summed E-state index contributed by atoms with van der Waals surface area (Å²) in [5.74, 6) is -0.171. The second-order valence-electron chi connectivity index (χ2n) is 1.82. The van der Waals surface area contributed by atoms with Crippen LogP contribution in [0.25, 0.3) is 0 Å². The molecule has 1 atom stereocenters. The van der Waals surface area contributed by atoms with Gasteiger partial charge in [-0.25, -0.2) is 0 Å².